The van der Waals surface area contributed by atoms with Crippen molar-refractivity contribution < 1.29 is 9.90 Å². The van der Waals surface area contributed by atoms with Gasteiger partial charge in [0.2, 0.25) is 0 Å². The summed E-state index contributed by atoms with van der Waals surface area (Å²) in [6, 6.07) is 8.84. The fourth-order valence-electron chi connectivity index (χ4n) is 3.62. The van der Waals surface area contributed by atoms with Crippen LogP contribution in [0, 0.1) is 0 Å². The number of nitrogens with zero attached hydrogens (tertiary/aromatic N) is 4. The van der Waals surface area contributed by atoms with Gasteiger partial charge in [0.1, 0.15) is 16.7 Å². The number of carbonyl (C=O) groups is 1. The maximum absolute atomic E-state index is 12.1. The maximum atomic E-state index is 12.1. The van der Waals surface area contributed by atoms with Gasteiger partial charge in [-0.3, -0.25) is 14.6 Å². The molecule has 146 valence electrons. The molecule has 1 saturated heterocycles. The molecule has 0 saturated carbocycles. The molecule has 1 atom stereocenters. The lowest BCUT2D eigenvalue weighted by Gasteiger charge is -2.43. The summed E-state index contributed by atoms with van der Waals surface area (Å²) in [7, 11) is 1.82. The molecule has 1 fully saturated rings. The molecule has 1 aliphatic rings. The molecule has 2 heterocycles. The SMILES string of the molecule is Cn1c(-c2ccccc2)nc(C(C(=O)O)N2CCN(C(C)(C)C)CC2)c1Cl. The summed E-state index contributed by atoms with van der Waals surface area (Å²) >= 11 is 6.52. The molecule has 6 nitrogen and oxygen atoms in total. The van der Waals surface area contributed by atoms with Gasteiger partial charge in [-0.1, -0.05) is 41.9 Å². The first-order chi connectivity index (χ1) is 12.7. The van der Waals surface area contributed by atoms with Crippen molar-refractivity contribution in [2.75, 3.05) is 26.2 Å². The van der Waals surface area contributed by atoms with Crippen molar-refractivity contribution in [1.82, 2.24) is 19.4 Å². The number of rotatable bonds is 4. The molecule has 0 amide bonds. The fourth-order valence-corrected chi connectivity index (χ4v) is 3.84. The zero-order chi connectivity index (χ0) is 19.8. The second-order valence-corrected chi connectivity index (χ2v) is 8.33. The highest BCUT2D eigenvalue weighted by molar-refractivity contribution is 6.30. The summed E-state index contributed by atoms with van der Waals surface area (Å²) in [6.07, 6.45) is 0. The van der Waals surface area contributed by atoms with E-state index in [2.05, 4.69) is 30.7 Å². The second-order valence-electron chi connectivity index (χ2n) is 7.97. The number of aliphatic carboxylic acids is 1. The minimum atomic E-state index is -0.918. The van der Waals surface area contributed by atoms with Gasteiger partial charge in [-0.25, -0.2) is 4.98 Å². The number of benzene rings is 1. The molecule has 3 rings (SSSR count). The molecule has 7 heteroatoms. The van der Waals surface area contributed by atoms with Crippen molar-refractivity contribution in [3.63, 3.8) is 0 Å². The van der Waals surface area contributed by atoms with Gasteiger partial charge in [0.25, 0.3) is 0 Å². The molecule has 0 aliphatic carbocycles. The monoisotopic (exact) mass is 390 g/mol. The lowest BCUT2D eigenvalue weighted by Crippen LogP contribution is -2.54. The standard InChI is InChI=1S/C20H27ClN4O2/c1-20(2,3)25-12-10-24(11-13-25)16(19(26)27)15-17(21)23(4)18(22-15)14-8-6-5-7-9-14/h5-9,16H,10-13H2,1-4H3,(H,26,27). The predicted octanol–water partition coefficient (Wildman–Crippen LogP) is 3.28. The minimum Gasteiger partial charge on any atom is -0.480 e. The number of imidazole rings is 1. The van der Waals surface area contributed by atoms with Crippen LogP contribution in [0.4, 0.5) is 0 Å². The molecule has 0 bridgehead atoms. The van der Waals surface area contributed by atoms with Crippen LogP contribution in [0.1, 0.15) is 32.5 Å². The molecule has 1 aliphatic heterocycles. The van der Waals surface area contributed by atoms with Crippen LogP contribution in [0.25, 0.3) is 11.4 Å². The minimum absolute atomic E-state index is 0.0773. The van der Waals surface area contributed by atoms with Crippen LogP contribution in [-0.4, -0.2) is 62.1 Å². The summed E-state index contributed by atoms with van der Waals surface area (Å²) in [4.78, 5) is 21.1. The van der Waals surface area contributed by atoms with Crippen LogP contribution in [0.5, 0.6) is 0 Å². The highest BCUT2D eigenvalue weighted by Gasteiger charge is 2.36. The van der Waals surface area contributed by atoms with E-state index in [9.17, 15) is 9.90 Å². The Morgan fingerprint density at radius 1 is 1.15 bits per heavy atom. The van der Waals surface area contributed by atoms with Crippen LogP contribution in [0.3, 0.4) is 0 Å². The number of hydrogen-bond donors (Lipinski definition) is 1. The second kappa shape index (κ2) is 7.62. The Morgan fingerprint density at radius 3 is 2.26 bits per heavy atom. The van der Waals surface area contributed by atoms with Crippen molar-refractivity contribution in [2.45, 2.75) is 32.4 Å². The molecule has 0 spiro atoms. The van der Waals surface area contributed by atoms with Crippen molar-refractivity contribution in [3.8, 4) is 11.4 Å². The highest BCUT2D eigenvalue weighted by atomic mass is 35.5. The summed E-state index contributed by atoms with van der Waals surface area (Å²) in [5.41, 5.74) is 1.40. The molecule has 1 N–H and O–H groups in total. The van der Waals surface area contributed by atoms with E-state index in [4.69, 9.17) is 11.6 Å². The maximum Gasteiger partial charge on any atom is 0.327 e. The van der Waals surface area contributed by atoms with Crippen molar-refractivity contribution in [3.05, 3.63) is 41.2 Å². The molecule has 0 radical (unpaired) electrons. The molecule has 27 heavy (non-hydrogen) atoms. The zero-order valence-corrected chi connectivity index (χ0v) is 17.1. The Balaban J connectivity index is 1.90. The largest absolute Gasteiger partial charge is 0.480 e. The first kappa shape index (κ1) is 19.9. The first-order valence-electron chi connectivity index (χ1n) is 9.19. The van der Waals surface area contributed by atoms with Crippen molar-refractivity contribution in [1.29, 1.82) is 0 Å². The normalized spacial score (nSPS) is 17.8. The Kier molecular flexibility index (Phi) is 5.60. The van der Waals surface area contributed by atoms with E-state index in [1.165, 1.54) is 0 Å². The van der Waals surface area contributed by atoms with Gasteiger partial charge in [-0.2, -0.15) is 0 Å². The topological polar surface area (TPSA) is 61.6 Å². The van der Waals surface area contributed by atoms with Gasteiger partial charge in [-0.15, -0.1) is 0 Å². The lowest BCUT2D eigenvalue weighted by molar-refractivity contribution is -0.144. The van der Waals surface area contributed by atoms with Gasteiger partial charge in [0, 0.05) is 44.3 Å². The van der Waals surface area contributed by atoms with Crippen molar-refractivity contribution in [2.24, 2.45) is 7.05 Å². The van der Waals surface area contributed by atoms with Gasteiger partial charge in [0.05, 0.1) is 0 Å². The Hall–Kier alpha value is -1.89. The quantitative estimate of drug-likeness (QED) is 0.868. The number of halogens is 1. The first-order valence-corrected chi connectivity index (χ1v) is 9.57. The Bertz CT molecular complexity index is 805. The predicted molar refractivity (Wildman–Crippen MR) is 107 cm³/mol. The average molecular weight is 391 g/mol. The Morgan fingerprint density at radius 2 is 1.74 bits per heavy atom. The average Bonchev–Trinajstić information content (AvgIpc) is 2.91. The third-order valence-electron chi connectivity index (χ3n) is 5.20. The number of hydrogen-bond acceptors (Lipinski definition) is 4. The molecule has 1 aromatic heterocycles. The molecular formula is C20H27ClN4O2. The number of carboxylic acid groups (broad SMARTS) is 1. The van der Waals surface area contributed by atoms with E-state index < -0.39 is 12.0 Å². The smallest absolute Gasteiger partial charge is 0.327 e. The fraction of sp³-hybridized carbons (Fsp3) is 0.500. The molecule has 2 aromatic rings. The third-order valence-corrected chi connectivity index (χ3v) is 5.65. The van der Waals surface area contributed by atoms with E-state index >= 15 is 0 Å². The van der Waals surface area contributed by atoms with E-state index in [0.717, 1.165) is 18.7 Å². The Labute approximate surface area is 165 Å². The molecule has 1 aromatic carbocycles. The van der Waals surface area contributed by atoms with E-state index in [1.54, 1.807) is 4.57 Å². The van der Waals surface area contributed by atoms with Gasteiger partial charge < -0.3 is 9.67 Å². The van der Waals surface area contributed by atoms with Gasteiger partial charge in [0.15, 0.2) is 6.04 Å². The van der Waals surface area contributed by atoms with Gasteiger partial charge >= 0.3 is 5.97 Å². The van der Waals surface area contributed by atoms with Crippen LogP contribution in [0.2, 0.25) is 5.15 Å². The molecular weight excluding hydrogens is 364 g/mol. The van der Waals surface area contributed by atoms with Gasteiger partial charge in [-0.05, 0) is 20.8 Å². The number of carboxylic acids is 1. The van der Waals surface area contributed by atoms with E-state index in [1.807, 2.05) is 42.3 Å². The molecule has 1 unspecified atom stereocenters. The van der Waals surface area contributed by atoms with Crippen LogP contribution in [0.15, 0.2) is 30.3 Å². The third kappa shape index (κ3) is 4.03. The highest BCUT2D eigenvalue weighted by Crippen LogP contribution is 2.32. The van der Waals surface area contributed by atoms with Crippen LogP contribution in [-0.2, 0) is 11.8 Å². The summed E-state index contributed by atoms with van der Waals surface area (Å²) in [6.45, 7) is 9.52. The summed E-state index contributed by atoms with van der Waals surface area (Å²) in [5.74, 6) is -0.242. The van der Waals surface area contributed by atoms with Crippen LogP contribution >= 0.6 is 11.6 Å². The summed E-state index contributed by atoms with van der Waals surface area (Å²) in [5, 5.41) is 10.3. The zero-order valence-electron chi connectivity index (χ0n) is 16.3. The van der Waals surface area contributed by atoms with E-state index in [-0.39, 0.29) is 5.54 Å². The van der Waals surface area contributed by atoms with E-state index in [0.29, 0.717) is 29.8 Å². The lowest BCUT2D eigenvalue weighted by atomic mass is 10.0. The number of aromatic nitrogens is 2. The van der Waals surface area contributed by atoms with Crippen molar-refractivity contribution >= 4 is 17.6 Å². The summed E-state index contributed by atoms with van der Waals surface area (Å²) < 4.78 is 1.76. The van der Waals surface area contributed by atoms with Crippen LogP contribution < -0.4 is 0 Å². The number of piperazine rings is 1.